The van der Waals surface area contributed by atoms with E-state index in [9.17, 15) is 9.65 Å². The molecule has 0 atom stereocenters. The van der Waals surface area contributed by atoms with Crippen LogP contribution in [0.15, 0.2) is 18.2 Å². The number of nitrogens with two attached hydrogens (primary N) is 2. The number of unbranched alkanes of at least 4 members (excludes halogenated alkanes) is 1. The van der Waals surface area contributed by atoms with Crippen molar-refractivity contribution in [2.75, 3.05) is 18.1 Å². The van der Waals surface area contributed by atoms with E-state index in [4.69, 9.17) is 16.2 Å². The molecule has 0 radical (unpaired) electrons. The van der Waals surface area contributed by atoms with Gasteiger partial charge < -0.3 is 16.2 Å². The van der Waals surface area contributed by atoms with E-state index in [0.29, 0.717) is 17.9 Å². The molecule has 0 aliphatic carbocycles. The van der Waals surface area contributed by atoms with Crippen LogP contribution in [-0.4, -0.2) is 16.6 Å². The van der Waals surface area contributed by atoms with Crippen molar-refractivity contribution >= 4 is 11.8 Å². The third kappa shape index (κ3) is 3.41. The third-order valence-corrected chi connectivity index (χ3v) is 2.98. The van der Waals surface area contributed by atoms with Crippen molar-refractivity contribution in [3.63, 3.8) is 0 Å². The van der Waals surface area contributed by atoms with Crippen LogP contribution < -0.4 is 16.2 Å². The third-order valence-electron chi connectivity index (χ3n) is 2.98. The normalized spacial score (nSPS) is 10.2. The Bertz CT molecular complexity index is 727. The molecule has 0 unspecified atom stereocenters. The number of aromatic nitrogens is 2. The smallest absolute Gasteiger partial charge is 0.222 e. The van der Waals surface area contributed by atoms with E-state index in [2.05, 4.69) is 9.97 Å². The summed E-state index contributed by atoms with van der Waals surface area (Å²) in [7, 11) is 0. The Kier molecular flexibility index (Phi) is 4.73. The molecule has 0 fully saturated rings. The van der Waals surface area contributed by atoms with Crippen molar-refractivity contribution in [1.82, 2.24) is 9.97 Å². The van der Waals surface area contributed by atoms with Crippen LogP contribution in [0.1, 0.15) is 25.3 Å². The van der Waals surface area contributed by atoms with Crippen LogP contribution in [0.25, 0.3) is 11.3 Å². The van der Waals surface area contributed by atoms with Gasteiger partial charge in [-0.3, -0.25) is 0 Å². The average molecular weight is 301 g/mol. The van der Waals surface area contributed by atoms with Crippen molar-refractivity contribution in [1.29, 1.82) is 5.26 Å². The topological polar surface area (TPSA) is 111 Å². The summed E-state index contributed by atoms with van der Waals surface area (Å²) in [6.07, 6.45) is 1.84. The van der Waals surface area contributed by atoms with Crippen LogP contribution in [-0.2, 0) is 0 Å². The zero-order valence-electron chi connectivity index (χ0n) is 12.1. The highest BCUT2D eigenvalue weighted by molar-refractivity contribution is 5.73. The molecule has 6 nitrogen and oxygen atoms in total. The molecular formula is C15H16FN5O. The van der Waals surface area contributed by atoms with E-state index >= 15 is 0 Å². The summed E-state index contributed by atoms with van der Waals surface area (Å²) in [6, 6.07) is 6.03. The van der Waals surface area contributed by atoms with Gasteiger partial charge in [-0.1, -0.05) is 13.3 Å². The maximum atomic E-state index is 13.8. The number of anilines is 2. The van der Waals surface area contributed by atoms with Crippen LogP contribution in [0.3, 0.4) is 0 Å². The zero-order chi connectivity index (χ0) is 16.1. The fourth-order valence-corrected chi connectivity index (χ4v) is 1.93. The Labute approximate surface area is 127 Å². The Hall–Kier alpha value is -2.88. The van der Waals surface area contributed by atoms with E-state index in [0.717, 1.165) is 12.8 Å². The average Bonchev–Trinajstić information content (AvgIpc) is 2.46. The molecule has 1 aromatic carbocycles. The van der Waals surface area contributed by atoms with Gasteiger partial charge in [-0.2, -0.15) is 10.2 Å². The van der Waals surface area contributed by atoms with Crippen molar-refractivity contribution in [3.05, 3.63) is 29.6 Å². The first-order chi connectivity index (χ1) is 10.5. The number of rotatable bonds is 5. The molecule has 1 heterocycles. The molecule has 2 rings (SSSR count). The molecule has 1 aromatic heterocycles. The van der Waals surface area contributed by atoms with Gasteiger partial charge in [0.15, 0.2) is 0 Å². The minimum Gasteiger partial charge on any atom is -0.493 e. The molecule has 4 N–H and O–H groups in total. The maximum absolute atomic E-state index is 13.8. The minimum atomic E-state index is -0.497. The molecule has 0 aliphatic heterocycles. The number of halogens is 1. The largest absolute Gasteiger partial charge is 0.493 e. The SMILES string of the molecule is CCCCOc1cc(F)cc(-c2nc(N)nc(N)c2C#N)c1. The predicted octanol–water partition coefficient (Wildman–Crippen LogP) is 2.50. The number of hydrogen-bond acceptors (Lipinski definition) is 6. The first-order valence-electron chi connectivity index (χ1n) is 6.82. The number of nitrogen functional groups attached to an aromatic ring is 2. The second-order valence-electron chi connectivity index (χ2n) is 4.68. The lowest BCUT2D eigenvalue weighted by Gasteiger charge is -2.10. The molecule has 22 heavy (non-hydrogen) atoms. The monoisotopic (exact) mass is 301 g/mol. The van der Waals surface area contributed by atoms with E-state index in [1.807, 2.05) is 13.0 Å². The Morgan fingerprint density at radius 1 is 1.27 bits per heavy atom. The first-order valence-corrected chi connectivity index (χ1v) is 6.82. The van der Waals surface area contributed by atoms with Gasteiger partial charge in [-0.25, -0.2) is 9.37 Å². The molecule has 0 saturated heterocycles. The maximum Gasteiger partial charge on any atom is 0.222 e. The Morgan fingerprint density at radius 2 is 2.05 bits per heavy atom. The number of nitrogens with zero attached hydrogens (tertiary/aromatic N) is 3. The summed E-state index contributed by atoms with van der Waals surface area (Å²) in [5.41, 5.74) is 11.8. The van der Waals surface area contributed by atoms with Gasteiger partial charge in [0.1, 0.15) is 29.0 Å². The molecule has 0 saturated carbocycles. The molecule has 0 spiro atoms. The van der Waals surface area contributed by atoms with Crippen LogP contribution >= 0.6 is 0 Å². The molecular weight excluding hydrogens is 285 g/mol. The van der Waals surface area contributed by atoms with Crippen LogP contribution in [0.4, 0.5) is 16.2 Å². The molecule has 114 valence electrons. The standard InChI is InChI=1S/C15H16FN5O/c1-2-3-4-22-11-6-9(5-10(16)7-11)13-12(8-17)14(18)21-15(19)20-13/h5-7H,2-4H2,1H3,(H4,18,19,20,21). The van der Waals surface area contributed by atoms with E-state index in [1.165, 1.54) is 12.1 Å². The minimum absolute atomic E-state index is 0.0392. The van der Waals surface area contributed by atoms with Crippen molar-refractivity contribution in [2.45, 2.75) is 19.8 Å². The Balaban J connectivity index is 2.47. The van der Waals surface area contributed by atoms with E-state index < -0.39 is 5.82 Å². The summed E-state index contributed by atoms with van der Waals surface area (Å²) >= 11 is 0. The van der Waals surface area contributed by atoms with Crippen LogP contribution in [0.5, 0.6) is 5.75 Å². The Morgan fingerprint density at radius 3 is 2.73 bits per heavy atom. The quantitative estimate of drug-likeness (QED) is 0.821. The molecule has 7 heteroatoms. The number of hydrogen-bond donors (Lipinski definition) is 2. The van der Waals surface area contributed by atoms with E-state index in [-0.39, 0.29) is 23.0 Å². The molecule has 0 bridgehead atoms. The number of nitriles is 1. The summed E-state index contributed by atoms with van der Waals surface area (Å²) in [6.45, 7) is 2.52. The number of ether oxygens (including phenoxy) is 1. The van der Waals surface area contributed by atoms with Crippen molar-refractivity contribution < 1.29 is 9.13 Å². The van der Waals surface area contributed by atoms with Gasteiger partial charge in [0.05, 0.1) is 12.3 Å². The fourth-order valence-electron chi connectivity index (χ4n) is 1.93. The summed E-state index contributed by atoms with van der Waals surface area (Å²) in [5, 5.41) is 9.19. The molecule has 0 aliphatic rings. The van der Waals surface area contributed by atoms with Gasteiger partial charge >= 0.3 is 0 Å². The zero-order valence-corrected chi connectivity index (χ0v) is 12.1. The van der Waals surface area contributed by atoms with E-state index in [1.54, 1.807) is 6.07 Å². The molecule has 2 aromatic rings. The second-order valence-corrected chi connectivity index (χ2v) is 4.68. The van der Waals surface area contributed by atoms with Gasteiger partial charge in [0.2, 0.25) is 5.95 Å². The highest BCUT2D eigenvalue weighted by atomic mass is 19.1. The lowest BCUT2D eigenvalue weighted by atomic mass is 10.1. The summed E-state index contributed by atoms with van der Waals surface area (Å²) in [4.78, 5) is 7.73. The molecule has 0 amide bonds. The van der Waals surface area contributed by atoms with Crippen molar-refractivity contribution in [3.8, 4) is 23.1 Å². The fraction of sp³-hybridized carbons (Fsp3) is 0.267. The number of benzene rings is 1. The van der Waals surface area contributed by atoms with Crippen molar-refractivity contribution in [2.24, 2.45) is 0 Å². The summed E-state index contributed by atoms with van der Waals surface area (Å²) < 4.78 is 19.3. The van der Waals surface area contributed by atoms with Crippen LogP contribution in [0.2, 0.25) is 0 Å². The highest BCUT2D eigenvalue weighted by Gasteiger charge is 2.15. The summed E-state index contributed by atoms with van der Waals surface area (Å²) in [5.74, 6) is -0.251. The second kappa shape index (κ2) is 6.72. The predicted molar refractivity (Wildman–Crippen MR) is 81.4 cm³/mol. The lowest BCUT2D eigenvalue weighted by molar-refractivity contribution is 0.308. The van der Waals surface area contributed by atoms with Gasteiger partial charge in [0.25, 0.3) is 0 Å². The lowest BCUT2D eigenvalue weighted by Crippen LogP contribution is -2.05. The van der Waals surface area contributed by atoms with Crippen LogP contribution in [0, 0.1) is 17.1 Å². The van der Waals surface area contributed by atoms with Gasteiger partial charge in [0, 0.05) is 11.6 Å². The van der Waals surface area contributed by atoms with Gasteiger partial charge in [-0.15, -0.1) is 0 Å². The highest BCUT2D eigenvalue weighted by Crippen LogP contribution is 2.29. The first kappa shape index (κ1) is 15.5. The van der Waals surface area contributed by atoms with Gasteiger partial charge in [-0.05, 0) is 18.6 Å².